The molecule has 26 heavy (non-hydrogen) atoms. The van der Waals surface area contributed by atoms with Gasteiger partial charge in [0.25, 0.3) is 0 Å². The Morgan fingerprint density at radius 3 is 2.38 bits per heavy atom. The van der Waals surface area contributed by atoms with Gasteiger partial charge in [-0.15, -0.1) is 0 Å². The molecule has 0 amide bonds. The van der Waals surface area contributed by atoms with Crippen LogP contribution in [0.15, 0.2) is 54.7 Å². The molecule has 1 aliphatic rings. The minimum Gasteiger partial charge on any atom is -0.489 e. The Balaban J connectivity index is 1.60. The van der Waals surface area contributed by atoms with Crippen molar-refractivity contribution >= 4 is 16.7 Å². The van der Waals surface area contributed by atoms with Crippen LogP contribution in [-0.2, 0) is 6.61 Å². The molecule has 134 valence electrons. The number of rotatable bonds is 5. The Morgan fingerprint density at radius 1 is 1.04 bits per heavy atom. The fraction of sp³-hybridized carbons (Fsp3) is 0.348. The van der Waals surface area contributed by atoms with Crippen molar-refractivity contribution in [3.63, 3.8) is 0 Å². The summed E-state index contributed by atoms with van der Waals surface area (Å²) in [6.07, 6.45) is 1.85. The molecule has 3 aromatic rings. The topological polar surface area (TPSA) is 42.1 Å². The maximum absolute atomic E-state index is 13.1. The van der Waals surface area contributed by atoms with Gasteiger partial charge in [0.2, 0.25) is 0 Å². The summed E-state index contributed by atoms with van der Waals surface area (Å²) in [7, 11) is 0. The highest BCUT2D eigenvalue weighted by molar-refractivity contribution is 6.11. The highest BCUT2D eigenvalue weighted by atomic mass is 16.5. The summed E-state index contributed by atoms with van der Waals surface area (Å²) in [6, 6.07) is 16.0. The molecule has 1 heterocycles. The summed E-state index contributed by atoms with van der Waals surface area (Å²) >= 11 is 0. The normalized spacial score (nSPS) is 18.0. The quantitative estimate of drug-likeness (QED) is 0.609. The molecular weight excluding hydrogens is 322 g/mol. The molecule has 0 bridgehead atoms. The molecule has 0 radical (unpaired) electrons. The van der Waals surface area contributed by atoms with E-state index in [4.69, 9.17) is 4.74 Å². The molecule has 2 aromatic carbocycles. The van der Waals surface area contributed by atoms with E-state index < -0.39 is 0 Å². The van der Waals surface area contributed by atoms with Gasteiger partial charge in [0.1, 0.15) is 12.4 Å². The second-order valence-electron chi connectivity index (χ2n) is 8.42. The summed E-state index contributed by atoms with van der Waals surface area (Å²) in [5.41, 5.74) is 2.94. The van der Waals surface area contributed by atoms with Gasteiger partial charge in [0.15, 0.2) is 5.78 Å². The number of H-pyrrole nitrogens is 1. The van der Waals surface area contributed by atoms with Crippen LogP contribution in [0, 0.1) is 16.7 Å². The molecular formula is C23H25NO2. The van der Waals surface area contributed by atoms with E-state index in [1.165, 1.54) is 0 Å². The van der Waals surface area contributed by atoms with Crippen molar-refractivity contribution in [1.82, 2.24) is 4.98 Å². The maximum atomic E-state index is 13.1. The highest BCUT2D eigenvalue weighted by Crippen LogP contribution is 2.69. The van der Waals surface area contributed by atoms with Crippen molar-refractivity contribution in [2.45, 2.75) is 34.3 Å². The van der Waals surface area contributed by atoms with Crippen LogP contribution in [0.3, 0.4) is 0 Å². The number of aromatic amines is 1. The predicted molar refractivity (Wildman–Crippen MR) is 104 cm³/mol. The van der Waals surface area contributed by atoms with Crippen LogP contribution in [0.1, 0.15) is 43.6 Å². The van der Waals surface area contributed by atoms with Crippen molar-refractivity contribution in [2.24, 2.45) is 16.7 Å². The Labute approximate surface area is 154 Å². The van der Waals surface area contributed by atoms with Crippen molar-refractivity contribution in [2.75, 3.05) is 0 Å². The average Bonchev–Trinajstić information content (AvgIpc) is 2.91. The number of carbonyl (C=O) groups is 1. The monoisotopic (exact) mass is 347 g/mol. The van der Waals surface area contributed by atoms with Gasteiger partial charge in [-0.2, -0.15) is 0 Å². The lowest BCUT2D eigenvalue weighted by atomic mass is 10.0. The van der Waals surface area contributed by atoms with E-state index in [9.17, 15) is 4.79 Å². The first-order chi connectivity index (χ1) is 12.3. The van der Waals surface area contributed by atoms with Gasteiger partial charge in [-0.25, -0.2) is 0 Å². The van der Waals surface area contributed by atoms with E-state index in [0.29, 0.717) is 6.61 Å². The van der Waals surface area contributed by atoms with Gasteiger partial charge in [-0.1, -0.05) is 58.0 Å². The number of ether oxygens (including phenoxy) is 1. The summed E-state index contributed by atoms with van der Waals surface area (Å²) in [4.78, 5) is 16.4. The molecule has 0 atom stereocenters. The fourth-order valence-electron chi connectivity index (χ4n) is 4.14. The zero-order valence-corrected chi connectivity index (χ0v) is 15.8. The molecule has 3 nitrogen and oxygen atoms in total. The number of fused-ring (bicyclic) bond motifs is 1. The van der Waals surface area contributed by atoms with E-state index in [2.05, 4.69) is 32.7 Å². The van der Waals surface area contributed by atoms with Crippen molar-refractivity contribution in [3.8, 4) is 5.75 Å². The summed E-state index contributed by atoms with van der Waals surface area (Å²) in [5.74, 6) is 1.07. The number of aromatic nitrogens is 1. The lowest BCUT2D eigenvalue weighted by Gasteiger charge is -2.07. The van der Waals surface area contributed by atoms with Crippen LogP contribution in [0.25, 0.3) is 10.9 Å². The summed E-state index contributed by atoms with van der Waals surface area (Å²) in [5, 5.41) is 0.944. The van der Waals surface area contributed by atoms with Crippen LogP contribution in [0.5, 0.6) is 5.75 Å². The third-order valence-corrected chi connectivity index (χ3v) is 6.45. The minimum absolute atomic E-state index is 0.0368. The van der Waals surface area contributed by atoms with E-state index in [-0.39, 0.29) is 22.5 Å². The zero-order chi connectivity index (χ0) is 18.5. The van der Waals surface area contributed by atoms with Crippen LogP contribution in [0.4, 0.5) is 0 Å². The van der Waals surface area contributed by atoms with E-state index >= 15 is 0 Å². The van der Waals surface area contributed by atoms with Crippen LogP contribution < -0.4 is 4.74 Å². The van der Waals surface area contributed by atoms with Crippen molar-refractivity contribution < 1.29 is 9.53 Å². The molecule has 4 rings (SSSR count). The number of benzene rings is 2. The molecule has 3 heteroatoms. The van der Waals surface area contributed by atoms with E-state index in [1.807, 2.05) is 54.7 Å². The summed E-state index contributed by atoms with van der Waals surface area (Å²) in [6.45, 7) is 9.23. The van der Waals surface area contributed by atoms with E-state index in [1.54, 1.807) is 0 Å². The first kappa shape index (κ1) is 16.9. The first-order valence-corrected chi connectivity index (χ1v) is 9.14. The van der Waals surface area contributed by atoms with Crippen LogP contribution >= 0.6 is 0 Å². The van der Waals surface area contributed by atoms with E-state index in [0.717, 1.165) is 27.8 Å². The lowest BCUT2D eigenvalue weighted by molar-refractivity contribution is 0.0947. The van der Waals surface area contributed by atoms with Crippen molar-refractivity contribution in [3.05, 3.63) is 65.9 Å². The smallest absolute Gasteiger partial charge is 0.169 e. The molecule has 1 saturated carbocycles. The lowest BCUT2D eigenvalue weighted by Crippen LogP contribution is -2.06. The number of nitrogens with one attached hydrogen (secondary N) is 1. The third-order valence-electron chi connectivity index (χ3n) is 6.45. The average molecular weight is 347 g/mol. The molecule has 0 spiro atoms. The Hall–Kier alpha value is -2.55. The third kappa shape index (κ3) is 2.54. The van der Waals surface area contributed by atoms with Gasteiger partial charge in [-0.3, -0.25) is 4.79 Å². The largest absolute Gasteiger partial charge is 0.489 e. The second kappa shape index (κ2) is 5.73. The molecule has 0 aliphatic heterocycles. The first-order valence-electron chi connectivity index (χ1n) is 9.14. The predicted octanol–water partition coefficient (Wildman–Crippen LogP) is 5.61. The Kier molecular flexibility index (Phi) is 3.72. The molecule has 0 saturated heterocycles. The van der Waals surface area contributed by atoms with Gasteiger partial charge < -0.3 is 9.72 Å². The number of carbonyl (C=O) groups excluding carboxylic acids is 1. The van der Waals surface area contributed by atoms with Crippen molar-refractivity contribution in [1.29, 1.82) is 0 Å². The van der Waals surface area contributed by atoms with Gasteiger partial charge in [-0.05, 0) is 34.6 Å². The standard InChI is InChI=1S/C23H25NO2/c1-22(2)21(23(22,3)4)20(25)18-13-24-19-11-10-16(12-17(18)19)26-14-15-8-6-5-7-9-15/h5-13,21,24H,14H2,1-4H3. The van der Waals surface area contributed by atoms with Gasteiger partial charge in [0.05, 0.1) is 0 Å². The molecule has 0 unspecified atom stereocenters. The molecule has 1 N–H and O–H groups in total. The fourth-order valence-corrected chi connectivity index (χ4v) is 4.14. The molecule has 1 fully saturated rings. The number of hydrogen-bond donors (Lipinski definition) is 1. The Morgan fingerprint density at radius 2 is 1.73 bits per heavy atom. The Bertz CT molecular complexity index is 952. The minimum atomic E-state index is 0.0368. The van der Waals surface area contributed by atoms with Gasteiger partial charge >= 0.3 is 0 Å². The summed E-state index contributed by atoms with van der Waals surface area (Å²) < 4.78 is 5.94. The SMILES string of the molecule is CC1(C)C(C(=O)c2c[nH]c3ccc(OCc4ccccc4)cc23)C1(C)C. The molecule has 1 aromatic heterocycles. The zero-order valence-electron chi connectivity index (χ0n) is 15.8. The number of Topliss-reactive ketones (excluding diaryl/α,β-unsaturated/α-hetero) is 1. The van der Waals surface area contributed by atoms with Gasteiger partial charge in [0, 0.05) is 28.6 Å². The molecule has 1 aliphatic carbocycles. The maximum Gasteiger partial charge on any atom is 0.169 e. The highest BCUT2D eigenvalue weighted by Gasteiger charge is 2.68. The van der Waals surface area contributed by atoms with Crippen LogP contribution in [-0.4, -0.2) is 10.8 Å². The number of hydrogen-bond acceptors (Lipinski definition) is 2. The second-order valence-corrected chi connectivity index (χ2v) is 8.42. The van der Waals surface area contributed by atoms with Crippen LogP contribution in [0.2, 0.25) is 0 Å². The number of ketones is 1.